The molecule has 1 aromatic heterocycles. The molecule has 0 saturated heterocycles. The number of nitrogens with one attached hydrogen (secondary N) is 2. The Balaban J connectivity index is 1.97. The van der Waals surface area contributed by atoms with Crippen LogP contribution in [-0.4, -0.2) is 11.8 Å². The van der Waals surface area contributed by atoms with Gasteiger partial charge in [0.1, 0.15) is 11.5 Å². The fourth-order valence-corrected chi connectivity index (χ4v) is 2.53. The van der Waals surface area contributed by atoms with Gasteiger partial charge < -0.3 is 4.42 Å². The van der Waals surface area contributed by atoms with Crippen molar-refractivity contribution in [3.8, 4) is 0 Å². The first kappa shape index (κ1) is 14.7. The van der Waals surface area contributed by atoms with Gasteiger partial charge in [-0.15, -0.1) is 0 Å². The second-order valence-electron chi connectivity index (χ2n) is 4.83. The molecule has 5 nitrogen and oxygen atoms in total. The highest BCUT2D eigenvalue weighted by Gasteiger charge is 2.19. The minimum atomic E-state index is -0.403. The Morgan fingerprint density at radius 3 is 2.40 bits per heavy atom. The van der Waals surface area contributed by atoms with Crippen molar-refractivity contribution in [2.24, 2.45) is 0 Å². The Bertz CT molecular complexity index is 575. The van der Waals surface area contributed by atoms with E-state index >= 15 is 0 Å². The maximum atomic E-state index is 11.9. The van der Waals surface area contributed by atoms with Crippen molar-refractivity contribution in [3.05, 3.63) is 33.8 Å². The Hall–Kier alpha value is -1.75. The van der Waals surface area contributed by atoms with Crippen LogP contribution in [0.25, 0.3) is 0 Å². The van der Waals surface area contributed by atoms with Crippen molar-refractivity contribution in [1.29, 1.82) is 0 Å². The second-order valence-corrected chi connectivity index (χ2v) is 5.28. The largest absolute Gasteiger partial charge is 0.466 e. The number of allylic oxidation sites excluding steroid dienone is 1. The van der Waals surface area contributed by atoms with Crippen LogP contribution in [0, 0.1) is 13.8 Å². The van der Waals surface area contributed by atoms with Crippen LogP contribution in [0.5, 0.6) is 0 Å². The average molecular weight is 297 g/mol. The van der Waals surface area contributed by atoms with Gasteiger partial charge in [0, 0.05) is 10.6 Å². The van der Waals surface area contributed by atoms with Crippen LogP contribution in [0.4, 0.5) is 0 Å². The summed E-state index contributed by atoms with van der Waals surface area (Å²) in [6, 6.07) is 1.63. The van der Waals surface area contributed by atoms with Crippen LogP contribution in [0.3, 0.4) is 0 Å². The summed E-state index contributed by atoms with van der Waals surface area (Å²) in [6.07, 6.45) is 3.30. The molecule has 0 spiro atoms. The lowest BCUT2D eigenvalue weighted by Gasteiger charge is -2.15. The molecule has 0 saturated carbocycles. The van der Waals surface area contributed by atoms with Crippen LogP contribution in [0.2, 0.25) is 0 Å². The molecule has 0 unspecified atom stereocenters. The van der Waals surface area contributed by atoms with E-state index in [-0.39, 0.29) is 5.91 Å². The molecule has 2 amide bonds. The van der Waals surface area contributed by atoms with E-state index in [0.29, 0.717) is 34.1 Å². The van der Waals surface area contributed by atoms with Crippen LogP contribution in [0.1, 0.15) is 47.6 Å². The number of aryl methyl sites for hydroxylation is 2. The Morgan fingerprint density at radius 2 is 1.80 bits per heavy atom. The number of hydrogen-bond donors (Lipinski definition) is 2. The minimum absolute atomic E-state index is 0.346. The summed E-state index contributed by atoms with van der Waals surface area (Å²) in [4.78, 5) is 23.9. The molecule has 0 bridgehead atoms. The predicted molar refractivity (Wildman–Crippen MR) is 75.1 cm³/mol. The van der Waals surface area contributed by atoms with Gasteiger partial charge >= 0.3 is 0 Å². The summed E-state index contributed by atoms with van der Waals surface area (Å²) in [5.41, 5.74) is 5.74. The molecule has 0 atom stereocenters. The Morgan fingerprint density at radius 1 is 1.15 bits per heavy atom. The lowest BCUT2D eigenvalue weighted by Crippen LogP contribution is -2.42. The van der Waals surface area contributed by atoms with Gasteiger partial charge in [0.25, 0.3) is 11.8 Å². The van der Waals surface area contributed by atoms with Gasteiger partial charge in [-0.2, -0.15) is 0 Å². The quantitative estimate of drug-likeness (QED) is 0.824. The number of halogens is 1. The zero-order valence-electron chi connectivity index (χ0n) is 11.5. The molecule has 2 rings (SSSR count). The standard InChI is InChI=1S/C14H17ClN2O3/c1-8-7-11(9(2)20-8)14(19)17-16-13(18)10-5-3-4-6-12(10)15/h7H,3-6H2,1-2H3,(H,16,18)(H,17,19). The predicted octanol–water partition coefficient (Wildman–Crippen LogP) is 2.72. The molecule has 6 heteroatoms. The van der Waals surface area contributed by atoms with E-state index < -0.39 is 5.91 Å². The van der Waals surface area contributed by atoms with Crippen molar-refractivity contribution < 1.29 is 14.0 Å². The number of carbonyl (C=O) groups is 2. The van der Waals surface area contributed by atoms with Crippen molar-refractivity contribution in [1.82, 2.24) is 10.9 Å². The average Bonchev–Trinajstić information content (AvgIpc) is 2.75. The molecule has 1 aliphatic carbocycles. The summed E-state index contributed by atoms with van der Waals surface area (Å²) in [5, 5.41) is 0.582. The third-order valence-electron chi connectivity index (χ3n) is 3.25. The van der Waals surface area contributed by atoms with E-state index in [1.807, 2.05) is 0 Å². The second kappa shape index (κ2) is 6.13. The molecule has 1 aliphatic rings. The molecule has 1 heterocycles. The first-order valence-corrected chi connectivity index (χ1v) is 6.92. The van der Waals surface area contributed by atoms with Gasteiger partial charge in [-0.1, -0.05) is 11.6 Å². The fraction of sp³-hybridized carbons (Fsp3) is 0.429. The summed E-state index contributed by atoms with van der Waals surface area (Å²) in [7, 11) is 0. The van der Waals surface area contributed by atoms with Crippen molar-refractivity contribution in [3.63, 3.8) is 0 Å². The zero-order valence-corrected chi connectivity index (χ0v) is 12.3. The fourth-order valence-electron chi connectivity index (χ4n) is 2.22. The highest BCUT2D eigenvalue weighted by atomic mass is 35.5. The molecule has 0 fully saturated rings. The Labute approximate surface area is 122 Å². The monoisotopic (exact) mass is 296 g/mol. The lowest BCUT2D eigenvalue weighted by atomic mass is 9.99. The van der Waals surface area contributed by atoms with Crippen LogP contribution >= 0.6 is 11.6 Å². The molecule has 1 aromatic rings. The molecule has 0 aliphatic heterocycles. The zero-order chi connectivity index (χ0) is 14.7. The molecule has 0 radical (unpaired) electrons. The maximum Gasteiger partial charge on any atom is 0.273 e. The van der Waals surface area contributed by atoms with Gasteiger partial charge in [0.15, 0.2) is 0 Å². The number of furan rings is 1. The first-order valence-electron chi connectivity index (χ1n) is 6.54. The summed E-state index contributed by atoms with van der Waals surface area (Å²) < 4.78 is 5.27. The SMILES string of the molecule is Cc1cc(C(=O)NNC(=O)C2=C(Cl)CCCC2)c(C)o1. The normalized spacial score (nSPS) is 15.2. The molecule has 20 heavy (non-hydrogen) atoms. The molecular formula is C14H17ClN2O3. The van der Waals surface area contributed by atoms with Crippen molar-refractivity contribution >= 4 is 23.4 Å². The van der Waals surface area contributed by atoms with E-state index in [9.17, 15) is 9.59 Å². The topological polar surface area (TPSA) is 71.3 Å². The van der Waals surface area contributed by atoms with Crippen molar-refractivity contribution in [2.45, 2.75) is 39.5 Å². The summed E-state index contributed by atoms with van der Waals surface area (Å²) >= 11 is 6.03. The van der Waals surface area contributed by atoms with Gasteiger partial charge in [-0.25, -0.2) is 0 Å². The van der Waals surface area contributed by atoms with E-state index in [0.717, 1.165) is 19.3 Å². The maximum absolute atomic E-state index is 11.9. The van der Waals surface area contributed by atoms with Gasteiger partial charge in [-0.05, 0) is 45.6 Å². The molecule has 0 aromatic carbocycles. The number of hydrazine groups is 1. The lowest BCUT2D eigenvalue weighted by molar-refractivity contribution is -0.118. The molecule has 108 valence electrons. The van der Waals surface area contributed by atoms with E-state index in [2.05, 4.69) is 10.9 Å². The summed E-state index contributed by atoms with van der Waals surface area (Å²) in [6.45, 7) is 3.46. The van der Waals surface area contributed by atoms with Crippen LogP contribution in [-0.2, 0) is 4.79 Å². The molecule has 2 N–H and O–H groups in total. The van der Waals surface area contributed by atoms with Crippen LogP contribution in [0.15, 0.2) is 21.1 Å². The Kier molecular flexibility index (Phi) is 4.49. The van der Waals surface area contributed by atoms with E-state index in [1.54, 1.807) is 19.9 Å². The van der Waals surface area contributed by atoms with E-state index in [4.69, 9.17) is 16.0 Å². The van der Waals surface area contributed by atoms with E-state index in [1.165, 1.54) is 0 Å². The van der Waals surface area contributed by atoms with Gasteiger partial charge in [-0.3, -0.25) is 20.4 Å². The minimum Gasteiger partial charge on any atom is -0.466 e. The third kappa shape index (κ3) is 3.22. The number of rotatable bonds is 2. The molecular weight excluding hydrogens is 280 g/mol. The van der Waals surface area contributed by atoms with Gasteiger partial charge in [0.2, 0.25) is 0 Å². The first-order chi connectivity index (χ1) is 9.49. The highest BCUT2D eigenvalue weighted by molar-refractivity contribution is 6.32. The third-order valence-corrected chi connectivity index (χ3v) is 3.67. The summed E-state index contributed by atoms with van der Waals surface area (Å²) in [5.74, 6) is 0.419. The number of carbonyl (C=O) groups excluding carboxylic acids is 2. The number of hydrogen-bond acceptors (Lipinski definition) is 3. The van der Waals surface area contributed by atoms with Gasteiger partial charge in [0.05, 0.1) is 5.56 Å². The van der Waals surface area contributed by atoms with Crippen LogP contribution < -0.4 is 10.9 Å². The smallest absolute Gasteiger partial charge is 0.273 e. The number of amides is 2. The highest BCUT2D eigenvalue weighted by Crippen LogP contribution is 2.27. The van der Waals surface area contributed by atoms with Crippen molar-refractivity contribution in [2.75, 3.05) is 0 Å².